The van der Waals surface area contributed by atoms with E-state index in [0.717, 1.165) is 13.1 Å². The fourth-order valence-corrected chi connectivity index (χ4v) is 1.82. The predicted octanol–water partition coefficient (Wildman–Crippen LogP) is 1.84. The molecule has 0 aliphatic carbocycles. The first kappa shape index (κ1) is 10.0. The average Bonchev–Trinajstić information content (AvgIpc) is 2.10. The topological polar surface area (TPSA) is 23.5 Å². The first-order valence-electron chi connectivity index (χ1n) is 4.93. The van der Waals surface area contributed by atoms with Gasteiger partial charge in [0, 0.05) is 13.1 Å². The molecule has 1 saturated heterocycles. The van der Waals surface area contributed by atoms with Gasteiger partial charge in [-0.2, -0.15) is 0 Å². The van der Waals surface area contributed by atoms with Crippen LogP contribution < -0.4 is 0 Å². The number of hydrogen-bond acceptors (Lipinski definition) is 2. The summed E-state index contributed by atoms with van der Waals surface area (Å²) >= 11 is 0. The molecule has 0 saturated carbocycles. The molecule has 1 aliphatic heterocycles. The summed E-state index contributed by atoms with van der Waals surface area (Å²) in [7, 11) is 0. The van der Waals surface area contributed by atoms with Gasteiger partial charge in [-0.15, -0.1) is 0 Å². The molecular formula is C10H21NO. The molecule has 2 heteroatoms. The zero-order chi connectivity index (χ0) is 9.19. The monoisotopic (exact) mass is 171 g/mol. The second kappa shape index (κ2) is 3.75. The Morgan fingerprint density at radius 3 is 2.50 bits per heavy atom. The summed E-state index contributed by atoms with van der Waals surface area (Å²) in [6, 6.07) is 0. The number of aliphatic hydroxyl groups is 1. The van der Waals surface area contributed by atoms with Gasteiger partial charge in [0.05, 0.1) is 0 Å². The minimum Gasteiger partial charge on any atom is -0.379 e. The van der Waals surface area contributed by atoms with E-state index in [1.54, 1.807) is 0 Å². The summed E-state index contributed by atoms with van der Waals surface area (Å²) in [5.74, 6) is 0. The Morgan fingerprint density at radius 2 is 1.92 bits per heavy atom. The molecule has 72 valence electrons. The fourth-order valence-electron chi connectivity index (χ4n) is 1.82. The van der Waals surface area contributed by atoms with E-state index >= 15 is 0 Å². The SMILES string of the molecule is CC(O)N1CCCC(C)(C)CC1. The number of likely N-dealkylation sites (tertiary alicyclic amines) is 1. The van der Waals surface area contributed by atoms with Gasteiger partial charge in [-0.1, -0.05) is 13.8 Å². The van der Waals surface area contributed by atoms with Crippen LogP contribution in [-0.4, -0.2) is 29.3 Å². The van der Waals surface area contributed by atoms with Crippen LogP contribution in [0.4, 0.5) is 0 Å². The molecule has 1 aliphatic rings. The van der Waals surface area contributed by atoms with Crippen LogP contribution >= 0.6 is 0 Å². The lowest BCUT2D eigenvalue weighted by molar-refractivity contribution is 0.0197. The maximum atomic E-state index is 9.40. The zero-order valence-electron chi connectivity index (χ0n) is 8.51. The van der Waals surface area contributed by atoms with E-state index in [0.29, 0.717) is 5.41 Å². The van der Waals surface area contributed by atoms with Crippen LogP contribution in [0.1, 0.15) is 40.0 Å². The second-order valence-electron chi connectivity index (χ2n) is 4.69. The first-order chi connectivity index (χ1) is 5.51. The molecule has 1 heterocycles. The van der Waals surface area contributed by atoms with Gasteiger partial charge in [-0.05, 0) is 31.6 Å². The molecule has 1 rings (SSSR count). The summed E-state index contributed by atoms with van der Waals surface area (Å²) in [6.07, 6.45) is 3.45. The third kappa shape index (κ3) is 2.76. The highest BCUT2D eigenvalue weighted by atomic mass is 16.3. The molecule has 0 aromatic rings. The van der Waals surface area contributed by atoms with E-state index in [9.17, 15) is 5.11 Å². The highest BCUT2D eigenvalue weighted by Crippen LogP contribution is 2.29. The van der Waals surface area contributed by atoms with E-state index in [-0.39, 0.29) is 6.23 Å². The highest BCUT2D eigenvalue weighted by molar-refractivity contribution is 4.76. The van der Waals surface area contributed by atoms with E-state index in [1.165, 1.54) is 19.3 Å². The fraction of sp³-hybridized carbons (Fsp3) is 1.00. The van der Waals surface area contributed by atoms with Gasteiger partial charge < -0.3 is 5.11 Å². The maximum absolute atomic E-state index is 9.40. The van der Waals surface area contributed by atoms with Crippen LogP contribution in [0, 0.1) is 5.41 Å². The lowest BCUT2D eigenvalue weighted by Gasteiger charge is -2.24. The Morgan fingerprint density at radius 1 is 1.25 bits per heavy atom. The molecule has 0 aromatic carbocycles. The molecule has 1 unspecified atom stereocenters. The minimum absolute atomic E-state index is 0.265. The Hall–Kier alpha value is -0.0800. The van der Waals surface area contributed by atoms with E-state index in [4.69, 9.17) is 0 Å². The van der Waals surface area contributed by atoms with E-state index < -0.39 is 0 Å². The van der Waals surface area contributed by atoms with Crippen molar-refractivity contribution in [3.8, 4) is 0 Å². The lowest BCUT2D eigenvalue weighted by atomic mass is 9.85. The van der Waals surface area contributed by atoms with Crippen molar-refractivity contribution in [1.29, 1.82) is 0 Å². The van der Waals surface area contributed by atoms with Crippen LogP contribution in [0.15, 0.2) is 0 Å². The minimum atomic E-state index is -0.265. The average molecular weight is 171 g/mol. The summed E-state index contributed by atoms with van der Waals surface area (Å²) in [6.45, 7) is 8.60. The molecule has 2 nitrogen and oxygen atoms in total. The van der Waals surface area contributed by atoms with Crippen molar-refractivity contribution in [2.45, 2.75) is 46.3 Å². The van der Waals surface area contributed by atoms with Crippen molar-refractivity contribution in [1.82, 2.24) is 4.90 Å². The highest BCUT2D eigenvalue weighted by Gasteiger charge is 2.24. The molecule has 1 N–H and O–H groups in total. The van der Waals surface area contributed by atoms with Crippen LogP contribution in [0.25, 0.3) is 0 Å². The second-order valence-corrected chi connectivity index (χ2v) is 4.69. The lowest BCUT2D eigenvalue weighted by Crippen LogP contribution is -2.33. The quantitative estimate of drug-likeness (QED) is 0.650. The summed E-state index contributed by atoms with van der Waals surface area (Å²) in [4.78, 5) is 2.16. The van der Waals surface area contributed by atoms with Crippen molar-refractivity contribution >= 4 is 0 Å². The molecule has 12 heavy (non-hydrogen) atoms. The van der Waals surface area contributed by atoms with Gasteiger partial charge in [0.25, 0.3) is 0 Å². The third-order valence-electron chi connectivity index (χ3n) is 2.90. The maximum Gasteiger partial charge on any atom is 0.104 e. The summed E-state index contributed by atoms with van der Waals surface area (Å²) in [5, 5.41) is 9.40. The van der Waals surface area contributed by atoms with Crippen molar-refractivity contribution in [2.24, 2.45) is 5.41 Å². The van der Waals surface area contributed by atoms with E-state index in [2.05, 4.69) is 18.7 Å². The Balaban J connectivity index is 2.45. The molecule has 0 spiro atoms. The van der Waals surface area contributed by atoms with Crippen molar-refractivity contribution < 1.29 is 5.11 Å². The Labute approximate surface area is 75.6 Å². The van der Waals surface area contributed by atoms with Gasteiger partial charge in [0.15, 0.2) is 0 Å². The number of rotatable bonds is 1. The molecular weight excluding hydrogens is 150 g/mol. The van der Waals surface area contributed by atoms with Gasteiger partial charge in [-0.3, -0.25) is 4.90 Å². The summed E-state index contributed by atoms with van der Waals surface area (Å²) < 4.78 is 0. The Kier molecular flexibility index (Phi) is 3.13. The first-order valence-corrected chi connectivity index (χ1v) is 4.93. The number of aliphatic hydroxyl groups excluding tert-OH is 1. The standard InChI is InChI=1S/C10H21NO/c1-9(12)11-7-4-5-10(2,3)6-8-11/h9,12H,4-8H2,1-3H3. The number of hydrogen-bond donors (Lipinski definition) is 1. The van der Waals surface area contributed by atoms with Crippen LogP contribution in [0.3, 0.4) is 0 Å². The molecule has 1 fully saturated rings. The van der Waals surface area contributed by atoms with Crippen molar-refractivity contribution in [2.75, 3.05) is 13.1 Å². The normalized spacial score (nSPS) is 28.0. The van der Waals surface area contributed by atoms with E-state index in [1.807, 2.05) is 6.92 Å². The van der Waals surface area contributed by atoms with Crippen LogP contribution in [-0.2, 0) is 0 Å². The molecule has 0 radical (unpaired) electrons. The smallest absolute Gasteiger partial charge is 0.104 e. The Bertz CT molecular complexity index is 143. The third-order valence-corrected chi connectivity index (χ3v) is 2.90. The predicted molar refractivity (Wildman–Crippen MR) is 50.9 cm³/mol. The summed E-state index contributed by atoms with van der Waals surface area (Å²) in [5.41, 5.74) is 0.476. The molecule has 0 bridgehead atoms. The van der Waals surface area contributed by atoms with Gasteiger partial charge in [0.2, 0.25) is 0 Å². The zero-order valence-corrected chi connectivity index (χ0v) is 8.51. The van der Waals surface area contributed by atoms with Crippen LogP contribution in [0.2, 0.25) is 0 Å². The molecule has 0 aromatic heterocycles. The van der Waals surface area contributed by atoms with Crippen molar-refractivity contribution in [3.63, 3.8) is 0 Å². The molecule has 0 amide bonds. The molecule has 1 atom stereocenters. The van der Waals surface area contributed by atoms with Gasteiger partial charge in [-0.25, -0.2) is 0 Å². The largest absolute Gasteiger partial charge is 0.379 e. The van der Waals surface area contributed by atoms with Gasteiger partial charge >= 0.3 is 0 Å². The van der Waals surface area contributed by atoms with Gasteiger partial charge in [0.1, 0.15) is 6.23 Å². The number of nitrogens with zero attached hydrogens (tertiary/aromatic N) is 1. The van der Waals surface area contributed by atoms with Crippen molar-refractivity contribution in [3.05, 3.63) is 0 Å². The van der Waals surface area contributed by atoms with Crippen LogP contribution in [0.5, 0.6) is 0 Å².